The molecule has 5 rings (SSSR count). The van der Waals surface area contributed by atoms with Gasteiger partial charge in [0.2, 0.25) is 5.91 Å². The standard InChI is InChI=1S/C24H21N5O4S3/c30-18(10-14-4-2-1-3-5-14)27-19-21(31)29-20(23(32)33)17(12-34-22(19)29)36-16-8-6-15(7-9-16)11-35-24-25-13-26-28-24/h1-9,13,19,22H,10-12H2,(H,27,30)(H,32,33)(H,25,26,28)/t19-,22-/m1/s1. The number of amides is 2. The van der Waals surface area contributed by atoms with Gasteiger partial charge in [0.05, 0.1) is 6.42 Å². The lowest BCUT2D eigenvalue weighted by atomic mass is 10.0. The summed E-state index contributed by atoms with van der Waals surface area (Å²) >= 11 is 4.34. The Morgan fingerprint density at radius 1 is 1.14 bits per heavy atom. The second kappa shape index (κ2) is 10.8. The maximum absolute atomic E-state index is 12.9. The highest BCUT2D eigenvalue weighted by molar-refractivity contribution is 8.06. The van der Waals surface area contributed by atoms with Crippen LogP contribution in [0.2, 0.25) is 0 Å². The number of fused-ring (bicyclic) bond motifs is 1. The molecule has 2 atom stereocenters. The molecule has 3 heterocycles. The second-order valence-electron chi connectivity index (χ2n) is 8.02. The molecule has 9 nitrogen and oxygen atoms in total. The smallest absolute Gasteiger partial charge is 0.353 e. The number of carboxylic acids is 1. The number of hydrogen-bond acceptors (Lipinski definition) is 8. The number of aromatic amines is 1. The second-order valence-corrected chi connectivity index (χ2v) is 11.3. The van der Waals surface area contributed by atoms with Crippen LogP contribution in [0.15, 0.2) is 81.6 Å². The first-order valence-electron chi connectivity index (χ1n) is 11.0. The summed E-state index contributed by atoms with van der Waals surface area (Å²) in [5, 5.41) is 19.6. The Hall–Kier alpha value is -3.22. The van der Waals surface area contributed by atoms with E-state index in [9.17, 15) is 19.5 Å². The number of aromatic nitrogens is 3. The Morgan fingerprint density at radius 3 is 2.61 bits per heavy atom. The predicted octanol–water partition coefficient (Wildman–Crippen LogP) is 3.13. The Labute approximate surface area is 219 Å². The van der Waals surface area contributed by atoms with Crippen molar-refractivity contribution in [2.45, 2.75) is 33.6 Å². The minimum atomic E-state index is -1.15. The van der Waals surface area contributed by atoms with Gasteiger partial charge in [0.15, 0.2) is 5.16 Å². The molecule has 1 aromatic heterocycles. The summed E-state index contributed by atoms with van der Waals surface area (Å²) in [5.41, 5.74) is 1.94. The highest BCUT2D eigenvalue weighted by Crippen LogP contribution is 2.45. The summed E-state index contributed by atoms with van der Waals surface area (Å²) in [6.07, 6.45) is 1.63. The number of carbonyl (C=O) groups is 3. The highest BCUT2D eigenvalue weighted by atomic mass is 32.2. The lowest BCUT2D eigenvalue weighted by Crippen LogP contribution is -2.70. The molecule has 184 valence electrons. The zero-order chi connectivity index (χ0) is 25.1. The molecule has 2 aromatic carbocycles. The molecular formula is C24H21N5O4S3. The Kier molecular flexibility index (Phi) is 7.35. The van der Waals surface area contributed by atoms with Gasteiger partial charge in [-0.1, -0.05) is 66.0 Å². The number of H-pyrrole nitrogens is 1. The summed E-state index contributed by atoms with van der Waals surface area (Å²) in [7, 11) is 0. The summed E-state index contributed by atoms with van der Waals surface area (Å²) < 4.78 is 0. The van der Waals surface area contributed by atoms with Crippen LogP contribution in [0.1, 0.15) is 11.1 Å². The molecule has 3 aromatic rings. The quantitative estimate of drug-likeness (QED) is 0.277. The van der Waals surface area contributed by atoms with Gasteiger partial charge in [-0.25, -0.2) is 9.78 Å². The maximum atomic E-state index is 12.9. The van der Waals surface area contributed by atoms with Gasteiger partial charge in [-0.3, -0.25) is 19.6 Å². The van der Waals surface area contributed by atoms with Crippen molar-refractivity contribution < 1.29 is 19.5 Å². The van der Waals surface area contributed by atoms with Gasteiger partial charge in [0.25, 0.3) is 5.91 Å². The van der Waals surface area contributed by atoms with Crippen LogP contribution in [-0.2, 0) is 26.6 Å². The zero-order valence-electron chi connectivity index (χ0n) is 18.8. The number of carboxylic acid groups (broad SMARTS) is 1. The number of nitrogens with one attached hydrogen (secondary N) is 2. The third-order valence-corrected chi connectivity index (χ3v) is 9.10. The third-order valence-electron chi connectivity index (χ3n) is 5.59. The van der Waals surface area contributed by atoms with Crippen molar-refractivity contribution in [2.24, 2.45) is 0 Å². The lowest BCUT2D eigenvalue weighted by molar-refractivity contribution is -0.150. The molecule has 3 N–H and O–H groups in total. The van der Waals surface area contributed by atoms with Crippen LogP contribution >= 0.6 is 35.3 Å². The Morgan fingerprint density at radius 2 is 1.92 bits per heavy atom. The summed E-state index contributed by atoms with van der Waals surface area (Å²) in [6, 6.07) is 16.4. The maximum Gasteiger partial charge on any atom is 0.353 e. The summed E-state index contributed by atoms with van der Waals surface area (Å²) in [5.74, 6) is -0.647. The van der Waals surface area contributed by atoms with Gasteiger partial charge in [-0.2, -0.15) is 5.10 Å². The van der Waals surface area contributed by atoms with Crippen LogP contribution in [0.25, 0.3) is 0 Å². The van der Waals surface area contributed by atoms with E-state index in [1.54, 1.807) is 0 Å². The van der Waals surface area contributed by atoms with E-state index in [1.165, 1.54) is 46.5 Å². The third kappa shape index (κ3) is 5.30. The van der Waals surface area contributed by atoms with E-state index in [-0.39, 0.29) is 18.0 Å². The number of benzene rings is 2. The van der Waals surface area contributed by atoms with E-state index in [4.69, 9.17) is 0 Å². The largest absolute Gasteiger partial charge is 0.477 e. The fraction of sp³-hybridized carbons (Fsp3) is 0.208. The minimum absolute atomic E-state index is 0.00717. The lowest BCUT2D eigenvalue weighted by Gasteiger charge is -2.49. The van der Waals surface area contributed by atoms with Crippen molar-refractivity contribution in [3.05, 3.63) is 82.7 Å². The number of hydrogen-bond donors (Lipinski definition) is 3. The molecule has 12 heteroatoms. The first-order chi connectivity index (χ1) is 17.5. The van der Waals surface area contributed by atoms with E-state index in [0.29, 0.717) is 10.7 Å². The van der Waals surface area contributed by atoms with Crippen molar-refractivity contribution in [1.29, 1.82) is 0 Å². The molecule has 2 aliphatic heterocycles. The molecule has 0 unspecified atom stereocenters. The molecular weight excluding hydrogens is 518 g/mol. The molecule has 0 saturated carbocycles. The number of rotatable bonds is 9. The minimum Gasteiger partial charge on any atom is -0.477 e. The topological polar surface area (TPSA) is 128 Å². The average Bonchev–Trinajstić information content (AvgIpc) is 3.41. The molecule has 1 fully saturated rings. The summed E-state index contributed by atoms with van der Waals surface area (Å²) in [4.78, 5) is 44.4. The van der Waals surface area contributed by atoms with Crippen molar-refractivity contribution in [1.82, 2.24) is 25.4 Å². The van der Waals surface area contributed by atoms with Crippen molar-refractivity contribution in [2.75, 3.05) is 5.75 Å². The zero-order valence-corrected chi connectivity index (χ0v) is 21.2. The van der Waals surface area contributed by atoms with Gasteiger partial charge in [-0.15, -0.1) is 11.8 Å². The van der Waals surface area contributed by atoms with Gasteiger partial charge < -0.3 is 10.4 Å². The molecule has 2 aliphatic rings. The van der Waals surface area contributed by atoms with Crippen molar-refractivity contribution in [3.8, 4) is 0 Å². The highest BCUT2D eigenvalue weighted by Gasteiger charge is 2.54. The predicted molar refractivity (Wildman–Crippen MR) is 138 cm³/mol. The first-order valence-corrected chi connectivity index (χ1v) is 13.8. The molecule has 0 bridgehead atoms. The molecule has 0 spiro atoms. The SMILES string of the molecule is O=C(Cc1ccccc1)N[C@@H]1C(=O)N2C(C(=O)O)=C(Sc3ccc(CSc4ncn[nH]4)cc3)CS[C@H]12. The molecule has 36 heavy (non-hydrogen) atoms. The van der Waals surface area contributed by atoms with Crippen LogP contribution < -0.4 is 5.32 Å². The Bertz CT molecular complexity index is 1300. The van der Waals surface area contributed by atoms with Crippen molar-refractivity contribution in [3.63, 3.8) is 0 Å². The van der Waals surface area contributed by atoms with Gasteiger partial charge >= 0.3 is 5.97 Å². The van der Waals surface area contributed by atoms with Gasteiger partial charge in [0, 0.05) is 21.3 Å². The molecule has 2 amide bonds. The Balaban J connectivity index is 1.23. The average molecular weight is 540 g/mol. The molecule has 1 saturated heterocycles. The number of aliphatic carboxylic acids is 1. The molecule has 0 aliphatic carbocycles. The van der Waals surface area contributed by atoms with Crippen molar-refractivity contribution >= 4 is 53.1 Å². The van der Waals surface area contributed by atoms with E-state index < -0.39 is 23.3 Å². The number of β-lactam (4-membered cyclic amide) rings is 1. The van der Waals surface area contributed by atoms with Gasteiger partial charge in [0.1, 0.15) is 23.4 Å². The van der Waals surface area contributed by atoms with E-state index in [2.05, 4.69) is 20.5 Å². The monoisotopic (exact) mass is 539 g/mol. The van der Waals surface area contributed by atoms with Crippen LogP contribution in [0.5, 0.6) is 0 Å². The summed E-state index contributed by atoms with van der Waals surface area (Å²) in [6.45, 7) is 0. The number of nitrogens with zero attached hydrogens (tertiary/aromatic N) is 3. The molecule has 0 radical (unpaired) electrons. The fourth-order valence-corrected chi connectivity index (χ4v) is 7.09. The normalized spacial score (nSPS) is 19.0. The first kappa shape index (κ1) is 24.5. The van der Waals surface area contributed by atoms with Crippen LogP contribution in [0.3, 0.4) is 0 Å². The van der Waals surface area contributed by atoms with Crippen LogP contribution in [-0.4, -0.2) is 60.1 Å². The number of thioether (sulfide) groups is 3. The van der Waals surface area contributed by atoms with E-state index in [1.807, 2.05) is 54.6 Å². The van der Waals surface area contributed by atoms with Gasteiger partial charge in [-0.05, 0) is 23.3 Å². The number of carbonyl (C=O) groups excluding carboxylic acids is 2. The van der Waals surface area contributed by atoms with E-state index >= 15 is 0 Å². The van der Waals surface area contributed by atoms with Crippen LogP contribution in [0.4, 0.5) is 0 Å². The van der Waals surface area contributed by atoms with Crippen LogP contribution in [0, 0.1) is 0 Å². The fourth-order valence-electron chi connectivity index (χ4n) is 3.89. The van der Waals surface area contributed by atoms with E-state index in [0.717, 1.165) is 26.9 Å².